The molecule has 5 aliphatic rings. The smallest absolute Gasteiger partial charge is 0.116 e. The van der Waals surface area contributed by atoms with E-state index in [2.05, 4.69) is 38.0 Å². The SMILES string of the molecule is CC(C)C1=Cc2c(-c3ccc(C(C(F)(F)F)(C(F)(F)F)C(F)(F)F)cc3)cccc2[CH]1[Zr+2].CC1=CC2=C3C(C)=C(C2=N1)[Si]3(C)C.[Cl-].[Cl-]. The monoisotopic (exact) mass is 798 g/mol. The number of aliphatic imine (C=N–C) groups is 1. The first-order valence-electron chi connectivity index (χ1n) is 14.2. The van der Waals surface area contributed by atoms with Gasteiger partial charge in [-0.25, -0.2) is 0 Å². The van der Waals surface area contributed by atoms with E-state index in [1.807, 2.05) is 26.0 Å². The summed E-state index contributed by atoms with van der Waals surface area (Å²) in [5.74, 6) is 0.230. The molecule has 14 heteroatoms. The van der Waals surface area contributed by atoms with Crippen molar-refractivity contribution in [3.8, 4) is 11.1 Å². The van der Waals surface area contributed by atoms with E-state index in [1.165, 1.54) is 47.3 Å². The van der Waals surface area contributed by atoms with E-state index in [1.54, 1.807) is 22.5 Å². The van der Waals surface area contributed by atoms with Crippen LogP contribution in [0, 0.1) is 5.92 Å². The van der Waals surface area contributed by atoms with E-state index in [-0.39, 0.29) is 52.1 Å². The summed E-state index contributed by atoms with van der Waals surface area (Å²) in [5.41, 5.74) is 1.26. The van der Waals surface area contributed by atoms with Gasteiger partial charge in [-0.3, -0.25) is 4.99 Å². The van der Waals surface area contributed by atoms with Crippen LogP contribution in [-0.2, 0) is 30.1 Å². The third-order valence-corrected chi connectivity index (χ3v) is 14.4. The van der Waals surface area contributed by atoms with Gasteiger partial charge in [0.1, 0.15) is 8.07 Å². The van der Waals surface area contributed by atoms with E-state index in [4.69, 9.17) is 0 Å². The number of halogens is 11. The van der Waals surface area contributed by atoms with Gasteiger partial charge in [-0.05, 0) is 35.9 Å². The first-order chi connectivity index (χ1) is 20.6. The van der Waals surface area contributed by atoms with Gasteiger partial charge in [0.25, 0.3) is 0 Å². The second kappa shape index (κ2) is 12.8. The zero-order valence-corrected chi connectivity index (χ0v) is 30.9. The zero-order valence-electron chi connectivity index (χ0n) is 26.0. The average molecular weight is 801 g/mol. The van der Waals surface area contributed by atoms with Crippen LogP contribution in [0.15, 0.2) is 86.3 Å². The number of fused-ring (bicyclic) bond motifs is 1. The van der Waals surface area contributed by atoms with Gasteiger partial charge in [0.15, 0.2) is 0 Å². The van der Waals surface area contributed by atoms with Crippen molar-refractivity contribution in [1.82, 2.24) is 0 Å². The van der Waals surface area contributed by atoms with E-state index in [9.17, 15) is 39.5 Å². The third-order valence-electron chi connectivity index (χ3n) is 9.07. The molecule has 0 saturated heterocycles. The van der Waals surface area contributed by atoms with Crippen molar-refractivity contribution in [3.05, 3.63) is 98.0 Å². The van der Waals surface area contributed by atoms with Crippen LogP contribution in [0.4, 0.5) is 39.5 Å². The van der Waals surface area contributed by atoms with Gasteiger partial charge < -0.3 is 24.8 Å². The van der Waals surface area contributed by atoms with Crippen molar-refractivity contribution in [2.24, 2.45) is 10.9 Å². The van der Waals surface area contributed by atoms with Gasteiger partial charge in [-0.1, -0.05) is 13.1 Å². The van der Waals surface area contributed by atoms with Crippen molar-refractivity contribution in [1.29, 1.82) is 0 Å². The van der Waals surface area contributed by atoms with Gasteiger partial charge in [-0.15, -0.1) is 0 Å². The van der Waals surface area contributed by atoms with E-state index in [0.29, 0.717) is 5.56 Å². The number of benzene rings is 2. The largest absolute Gasteiger partial charge is 1.00 e. The van der Waals surface area contributed by atoms with Crippen LogP contribution < -0.4 is 24.8 Å². The molecular formula is C33H29Cl2F9NSiZr. The number of hydrogen-bond acceptors (Lipinski definition) is 1. The Hall–Kier alpha value is -1.88. The molecule has 0 spiro atoms. The van der Waals surface area contributed by atoms with Crippen molar-refractivity contribution in [2.45, 2.75) is 68.4 Å². The predicted molar refractivity (Wildman–Crippen MR) is 156 cm³/mol. The average Bonchev–Trinajstić information content (AvgIpc) is 3.55. The minimum absolute atomic E-state index is 0. The molecular weight excluding hydrogens is 772 g/mol. The van der Waals surface area contributed by atoms with Crippen LogP contribution in [0.1, 0.15) is 48.0 Å². The van der Waals surface area contributed by atoms with Crippen LogP contribution in [0.5, 0.6) is 0 Å². The summed E-state index contributed by atoms with van der Waals surface area (Å²) in [7, 11) is -1.15. The molecule has 47 heavy (non-hydrogen) atoms. The molecule has 0 N–H and O–H groups in total. The summed E-state index contributed by atoms with van der Waals surface area (Å²) in [6, 6.07) is 7.52. The molecule has 1 unspecified atom stereocenters. The molecule has 0 radical (unpaired) electrons. The molecule has 2 aliphatic carbocycles. The summed E-state index contributed by atoms with van der Waals surface area (Å²) in [6.45, 7) is 13.2. The summed E-state index contributed by atoms with van der Waals surface area (Å²) in [6.07, 6.45) is -15.7. The quantitative estimate of drug-likeness (QED) is 0.316. The summed E-state index contributed by atoms with van der Waals surface area (Å²) >= 11 is 1.22. The summed E-state index contributed by atoms with van der Waals surface area (Å²) in [4.78, 5) is 4.62. The van der Waals surface area contributed by atoms with Gasteiger partial charge in [0, 0.05) is 11.3 Å². The van der Waals surface area contributed by atoms with Gasteiger partial charge in [-0.2, -0.15) is 0 Å². The maximum absolute atomic E-state index is 13.4. The first-order valence-corrected chi connectivity index (χ1v) is 18.6. The topological polar surface area (TPSA) is 12.4 Å². The summed E-state index contributed by atoms with van der Waals surface area (Å²) < 4.78 is 121. The Balaban J connectivity index is 0.000000332. The standard InChI is InChI=1S/C22H16F9.C11H13NSi.2ClH.Zr/c1-12(2)15-10-14-4-3-5-17(18(14)11-15)13-6-8-16(9-7-13)19(20(23,24)25,21(26,27)28)22(29,30)31;1-6-5-8-9(12-6)11-7(2)10(8)13(11,3)4;;;/h3-12H,1-2H3;5H,1-4H3;2*1H;/q;;;;+2/p-2. The van der Waals surface area contributed by atoms with Crippen LogP contribution in [0.25, 0.3) is 17.2 Å². The third kappa shape index (κ3) is 5.91. The predicted octanol–water partition coefficient (Wildman–Crippen LogP) is 4.70. The maximum atomic E-state index is 13.4. The fourth-order valence-corrected chi connectivity index (χ4v) is 12.6. The number of rotatable bonds is 3. The molecule has 3 heterocycles. The minimum Gasteiger partial charge on any atom is -1.00 e. The molecule has 2 aromatic carbocycles. The van der Waals surface area contributed by atoms with Crippen LogP contribution in [-0.4, -0.2) is 32.3 Å². The molecule has 2 bridgehead atoms. The van der Waals surface area contributed by atoms with Crippen molar-refractivity contribution >= 4 is 19.9 Å². The fourth-order valence-electron chi connectivity index (χ4n) is 7.11. The Morgan fingerprint density at radius 3 is 1.74 bits per heavy atom. The van der Waals surface area contributed by atoms with Crippen molar-refractivity contribution in [2.75, 3.05) is 0 Å². The Morgan fingerprint density at radius 1 is 0.766 bits per heavy atom. The Labute approximate surface area is 295 Å². The minimum atomic E-state index is -6.63. The van der Waals surface area contributed by atoms with Crippen LogP contribution in [0.3, 0.4) is 0 Å². The molecule has 2 aromatic rings. The van der Waals surface area contributed by atoms with Crippen molar-refractivity contribution in [3.63, 3.8) is 0 Å². The Morgan fingerprint density at radius 2 is 1.30 bits per heavy atom. The van der Waals surface area contributed by atoms with Crippen LogP contribution >= 0.6 is 0 Å². The normalized spacial score (nSPS) is 19.5. The van der Waals surface area contributed by atoms with Gasteiger partial charge >= 0.3 is 193 Å². The fraction of sp³-hybridized carbons (Fsp3) is 0.364. The second-order valence-electron chi connectivity index (χ2n) is 12.5. The summed E-state index contributed by atoms with van der Waals surface area (Å²) in [5, 5.41) is 3.28. The van der Waals surface area contributed by atoms with Gasteiger partial charge in [0.05, 0.1) is 5.71 Å². The maximum Gasteiger partial charge on any atom is 0.116 e. The van der Waals surface area contributed by atoms with E-state index >= 15 is 0 Å². The first kappa shape index (κ1) is 39.6. The molecule has 0 saturated carbocycles. The van der Waals surface area contributed by atoms with Crippen LogP contribution in [0.2, 0.25) is 13.1 Å². The molecule has 0 amide bonds. The number of hydrogen-bond donors (Lipinski definition) is 0. The number of nitrogens with zero attached hydrogens (tertiary/aromatic N) is 1. The molecule has 251 valence electrons. The number of allylic oxidation sites excluding steroid dienone is 7. The molecule has 7 rings (SSSR count). The van der Waals surface area contributed by atoms with Crippen molar-refractivity contribution < 1.29 is 89.0 Å². The molecule has 1 atom stereocenters. The Kier molecular flexibility index (Phi) is 10.8. The molecule has 3 aliphatic heterocycles. The zero-order chi connectivity index (χ0) is 33.7. The molecule has 1 nitrogen and oxygen atoms in total. The van der Waals surface area contributed by atoms with E-state index < -0.39 is 37.6 Å². The number of alkyl halides is 9. The van der Waals surface area contributed by atoms with E-state index in [0.717, 1.165) is 28.8 Å². The Bertz CT molecular complexity index is 1710. The van der Waals surface area contributed by atoms with Gasteiger partial charge in [0.2, 0.25) is 0 Å². The molecule has 0 aromatic heterocycles. The molecule has 0 fully saturated rings. The second-order valence-corrected chi connectivity index (χ2v) is 18.2.